The van der Waals surface area contributed by atoms with Crippen molar-refractivity contribution in [3.63, 3.8) is 0 Å². The SMILES string of the molecule is COC(=O)c1ccc(CN2CCC[C@@H]2c2ccc[nH]2)s1. The van der Waals surface area contributed by atoms with E-state index in [1.807, 2.05) is 24.4 Å². The summed E-state index contributed by atoms with van der Waals surface area (Å²) in [7, 11) is 1.42. The van der Waals surface area contributed by atoms with E-state index in [-0.39, 0.29) is 5.97 Å². The number of thiophene rings is 1. The molecule has 0 aliphatic carbocycles. The fourth-order valence-electron chi connectivity index (χ4n) is 2.79. The molecule has 1 saturated heterocycles. The summed E-state index contributed by atoms with van der Waals surface area (Å²) in [5.74, 6) is -0.247. The molecule has 0 bridgehead atoms. The van der Waals surface area contributed by atoms with Crippen molar-refractivity contribution in [2.75, 3.05) is 13.7 Å². The molecule has 2 aromatic rings. The maximum absolute atomic E-state index is 11.5. The van der Waals surface area contributed by atoms with Crippen molar-refractivity contribution in [2.45, 2.75) is 25.4 Å². The molecule has 0 aromatic carbocycles. The van der Waals surface area contributed by atoms with Gasteiger partial charge in [-0.3, -0.25) is 4.90 Å². The Morgan fingerprint density at radius 2 is 2.40 bits per heavy atom. The van der Waals surface area contributed by atoms with E-state index in [2.05, 4.69) is 16.0 Å². The van der Waals surface area contributed by atoms with Crippen LogP contribution >= 0.6 is 11.3 Å². The summed E-state index contributed by atoms with van der Waals surface area (Å²) in [5, 5.41) is 0. The monoisotopic (exact) mass is 290 g/mol. The van der Waals surface area contributed by atoms with E-state index in [1.54, 1.807) is 0 Å². The number of esters is 1. The number of likely N-dealkylation sites (tertiary alicyclic amines) is 1. The highest BCUT2D eigenvalue weighted by atomic mass is 32.1. The fraction of sp³-hybridized carbons (Fsp3) is 0.400. The van der Waals surface area contributed by atoms with Crippen molar-refractivity contribution in [1.82, 2.24) is 9.88 Å². The average molecular weight is 290 g/mol. The molecule has 2 aromatic heterocycles. The van der Waals surface area contributed by atoms with Crippen molar-refractivity contribution >= 4 is 17.3 Å². The lowest BCUT2D eigenvalue weighted by atomic mass is 10.1. The van der Waals surface area contributed by atoms with Gasteiger partial charge in [0.05, 0.1) is 13.2 Å². The number of hydrogen-bond donors (Lipinski definition) is 1. The number of hydrogen-bond acceptors (Lipinski definition) is 4. The van der Waals surface area contributed by atoms with Crippen LogP contribution in [0.5, 0.6) is 0 Å². The normalized spacial score (nSPS) is 19.4. The molecule has 0 amide bonds. The molecule has 0 spiro atoms. The molecule has 106 valence electrons. The second kappa shape index (κ2) is 5.81. The first-order chi connectivity index (χ1) is 9.78. The third-order valence-electron chi connectivity index (χ3n) is 3.75. The number of H-pyrrole nitrogens is 1. The molecule has 1 aliphatic rings. The lowest BCUT2D eigenvalue weighted by molar-refractivity contribution is 0.0606. The molecule has 3 rings (SSSR count). The van der Waals surface area contributed by atoms with Crippen LogP contribution in [0.2, 0.25) is 0 Å². The zero-order valence-electron chi connectivity index (χ0n) is 11.5. The number of aromatic nitrogens is 1. The van der Waals surface area contributed by atoms with Crippen LogP contribution in [0, 0.1) is 0 Å². The molecule has 0 radical (unpaired) electrons. The van der Waals surface area contributed by atoms with Gasteiger partial charge in [-0.05, 0) is 43.7 Å². The van der Waals surface area contributed by atoms with Gasteiger partial charge in [-0.15, -0.1) is 11.3 Å². The summed E-state index contributed by atoms with van der Waals surface area (Å²) in [4.78, 5) is 19.2. The summed E-state index contributed by atoms with van der Waals surface area (Å²) < 4.78 is 4.75. The van der Waals surface area contributed by atoms with Crippen LogP contribution in [0.1, 0.15) is 39.1 Å². The predicted octanol–water partition coefficient (Wildman–Crippen LogP) is 3.20. The standard InChI is InChI=1S/C15H18N2O2S/c1-19-15(18)14-7-6-11(20-14)10-17-9-3-5-13(17)12-4-2-8-16-12/h2,4,6-8,13,16H,3,5,9-10H2,1H3/t13-/m1/s1. The maximum atomic E-state index is 11.5. The first-order valence-corrected chi connectivity index (χ1v) is 7.64. The Morgan fingerprint density at radius 3 is 3.15 bits per heavy atom. The van der Waals surface area contributed by atoms with Crippen molar-refractivity contribution in [3.05, 3.63) is 45.9 Å². The number of carbonyl (C=O) groups is 1. The predicted molar refractivity (Wildman–Crippen MR) is 78.8 cm³/mol. The number of rotatable bonds is 4. The highest BCUT2D eigenvalue weighted by molar-refractivity contribution is 7.13. The van der Waals surface area contributed by atoms with Crippen molar-refractivity contribution in [1.29, 1.82) is 0 Å². The highest BCUT2D eigenvalue weighted by Crippen LogP contribution is 2.33. The van der Waals surface area contributed by atoms with Gasteiger partial charge >= 0.3 is 5.97 Å². The molecule has 3 heterocycles. The molecule has 20 heavy (non-hydrogen) atoms. The number of aromatic amines is 1. The Labute approximate surface area is 122 Å². The van der Waals surface area contributed by atoms with E-state index in [4.69, 9.17) is 4.74 Å². The minimum atomic E-state index is -0.247. The van der Waals surface area contributed by atoms with E-state index in [1.165, 1.54) is 41.9 Å². The van der Waals surface area contributed by atoms with Gasteiger partial charge in [0.2, 0.25) is 0 Å². The number of carbonyl (C=O) groups excluding carboxylic acids is 1. The van der Waals surface area contributed by atoms with Crippen molar-refractivity contribution < 1.29 is 9.53 Å². The second-order valence-corrected chi connectivity index (χ2v) is 6.18. The lowest BCUT2D eigenvalue weighted by Crippen LogP contribution is -2.22. The molecule has 0 unspecified atom stereocenters. The summed E-state index contributed by atoms with van der Waals surface area (Å²) in [6.45, 7) is 2.00. The zero-order valence-corrected chi connectivity index (χ0v) is 12.3. The second-order valence-electron chi connectivity index (χ2n) is 5.01. The fourth-order valence-corrected chi connectivity index (χ4v) is 3.74. The van der Waals surface area contributed by atoms with Crippen LogP contribution in [0.25, 0.3) is 0 Å². The lowest BCUT2D eigenvalue weighted by Gasteiger charge is -2.22. The molecular formula is C15H18N2O2S. The maximum Gasteiger partial charge on any atom is 0.348 e. The summed E-state index contributed by atoms with van der Waals surface area (Å²) >= 11 is 1.53. The third kappa shape index (κ3) is 2.64. The summed E-state index contributed by atoms with van der Waals surface area (Å²) in [6.07, 6.45) is 4.39. The third-order valence-corrected chi connectivity index (χ3v) is 4.80. The molecule has 0 saturated carbocycles. The van der Waals surface area contributed by atoms with Gasteiger partial charge in [0.15, 0.2) is 0 Å². The summed E-state index contributed by atoms with van der Waals surface area (Å²) in [5.41, 5.74) is 1.28. The first-order valence-electron chi connectivity index (χ1n) is 6.82. The molecule has 1 aliphatic heterocycles. The van der Waals surface area contributed by atoms with Crippen molar-refractivity contribution in [3.8, 4) is 0 Å². The van der Waals surface area contributed by atoms with E-state index in [0.29, 0.717) is 10.9 Å². The van der Waals surface area contributed by atoms with E-state index >= 15 is 0 Å². The van der Waals surface area contributed by atoms with Crippen LogP contribution in [0.3, 0.4) is 0 Å². The van der Waals surface area contributed by atoms with Crippen LogP contribution in [-0.2, 0) is 11.3 Å². The first kappa shape index (κ1) is 13.4. The minimum Gasteiger partial charge on any atom is -0.465 e. The quantitative estimate of drug-likeness (QED) is 0.880. The largest absolute Gasteiger partial charge is 0.465 e. The smallest absolute Gasteiger partial charge is 0.348 e. The average Bonchev–Trinajstić information content (AvgIpc) is 3.18. The van der Waals surface area contributed by atoms with Gasteiger partial charge in [-0.1, -0.05) is 0 Å². The van der Waals surface area contributed by atoms with Crippen molar-refractivity contribution in [2.24, 2.45) is 0 Å². The molecular weight excluding hydrogens is 272 g/mol. The number of nitrogens with one attached hydrogen (secondary N) is 1. The Balaban J connectivity index is 1.70. The van der Waals surface area contributed by atoms with Gasteiger partial charge in [0.25, 0.3) is 0 Å². The van der Waals surface area contributed by atoms with Gasteiger partial charge < -0.3 is 9.72 Å². The van der Waals surface area contributed by atoms with E-state index in [0.717, 1.165) is 13.1 Å². The molecule has 4 nitrogen and oxygen atoms in total. The zero-order chi connectivity index (χ0) is 13.9. The van der Waals surface area contributed by atoms with Crippen LogP contribution < -0.4 is 0 Å². The topological polar surface area (TPSA) is 45.3 Å². The van der Waals surface area contributed by atoms with Gasteiger partial charge in [-0.25, -0.2) is 4.79 Å². The molecule has 5 heteroatoms. The van der Waals surface area contributed by atoms with E-state index < -0.39 is 0 Å². The highest BCUT2D eigenvalue weighted by Gasteiger charge is 2.27. The molecule has 1 fully saturated rings. The van der Waals surface area contributed by atoms with Crippen LogP contribution in [0.4, 0.5) is 0 Å². The number of ether oxygens (including phenoxy) is 1. The van der Waals surface area contributed by atoms with Gasteiger partial charge in [0, 0.05) is 23.3 Å². The molecule has 1 atom stereocenters. The van der Waals surface area contributed by atoms with E-state index in [9.17, 15) is 4.79 Å². The van der Waals surface area contributed by atoms with Gasteiger partial charge in [0.1, 0.15) is 4.88 Å². The number of nitrogens with zero attached hydrogens (tertiary/aromatic N) is 1. The van der Waals surface area contributed by atoms with Gasteiger partial charge in [-0.2, -0.15) is 0 Å². The summed E-state index contributed by atoms with van der Waals surface area (Å²) in [6, 6.07) is 8.55. The van der Waals surface area contributed by atoms with Crippen LogP contribution in [-0.4, -0.2) is 29.5 Å². The molecule has 1 N–H and O–H groups in total. The van der Waals surface area contributed by atoms with Crippen LogP contribution in [0.15, 0.2) is 30.5 Å². The Kier molecular flexibility index (Phi) is 3.89. The Bertz CT molecular complexity index is 576. The minimum absolute atomic E-state index is 0.247. The Morgan fingerprint density at radius 1 is 1.50 bits per heavy atom. The number of methoxy groups -OCH3 is 1. The Hall–Kier alpha value is -1.59.